The number of carbonyl (C=O) groups is 1. The van der Waals surface area contributed by atoms with Gasteiger partial charge in [-0.3, -0.25) is 4.79 Å². The van der Waals surface area contributed by atoms with E-state index in [2.05, 4.69) is 13.8 Å². The number of rotatable bonds is 5. The molecule has 0 spiro atoms. The molecule has 0 aliphatic rings. The molecule has 0 amide bonds. The fraction of sp³-hybridized carbons (Fsp3) is 0.545. The largest absolute Gasteiger partial charge is 0.472 e. The van der Waals surface area contributed by atoms with Crippen LogP contribution in [0.25, 0.3) is 0 Å². The van der Waals surface area contributed by atoms with Gasteiger partial charge in [0.1, 0.15) is 5.78 Å². The molecule has 0 fully saturated rings. The van der Waals surface area contributed by atoms with Crippen molar-refractivity contribution in [2.45, 2.75) is 33.1 Å². The van der Waals surface area contributed by atoms with Crippen LogP contribution in [0.3, 0.4) is 0 Å². The zero-order valence-electron chi connectivity index (χ0n) is 8.25. The maximum atomic E-state index is 11.6. The van der Waals surface area contributed by atoms with Crippen LogP contribution in [-0.4, -0.2) is 5.78 Å². The highest BCUT2D eigenvalue weighted by molar-refractivity contribution is 5.83. The van der Waals surface area contributed by atoms with Crippen LogP contribution in [0.4, 0.5) is 0 Å². The van der Waals surface area contributed by atoms with E-state index in [0.29, 0.717) is 12.2 Å². The first-order chi connectivity index (χ1) is 6.27. The van der Waals surface area contributed by atoms with Gasteiger partial charge in [0, 0.05) is 12.3 Å². The number of Topliss-reactive ketones (excluding diaryl/α,β-unsaturated/α-hetero) is 1. The maximum Gasteiger partial charge on any atom is 0.140 e. The lowest BCUT2D eigenvalue weighted by atomic mass is 9.94. The van der Waals surface area contributed by atoms with Gasteiger partial charge in [-0.25, -0.2) is 0 Å². The van der Waals surface area contributed by atoms with Crippen molar-refractivity contribution in [2.75, 3.05) is 0 Å². The van der Waals surface area contributed by atoms with Crippen molar-refractivity contribution in [2.24, 2.45) is 5.92 Å². The zero-order valence-corrected chi connectivity index (χ0v) is 8.25. The average Bonchev–Trinajstić information content (AvgIpc) is 2.59. The fourth-order valence-electron chi connectivity index (χ4n) is 1.48. The predicted molar refractivity (Wildman–Crippen MR) is 51.5 cm³/mol. The second-order valence-corrected chi connectivity index (χ2v) is 3.29. The molecule has 0 N–H and O–H groups in total. The molecule has 0 bridgehead atoms. The van der Waals surface area contributed by atoms with E-state index in [1.165, 1.54) is 0 Å². The standard InChI is InChI=1S/C11H16O2/c1-3-10(4-2)11(12)7-9-5-6-13-8-9/h5-6,8,10H,3-4,7H2,1-2H3. The summed E-state index contributed by atoms with van der Waals surface area (Å²) >= 11 is 0. The van der Waals surface area contributed by atoms with Gasteiger partial charge in [0.05, 0.1) is 12.5 Å². The van der Waals surface area contributed by atoms with Gasteiger partial charge in [0.15, 0.2) is 0 Å². The fourth-order valence-corrected chi connectivity index (χ4v) is 1.48. The lowest BCUT2D eigenvalue weighted by Gasteiger charge is -2.09. The first kappa shape index (κ1) is 10.0. The number of ketones is 1. The minimum Gasteiger partial charge on any atom is -0.472 e. The van der Waals surface area contributed by atoms with Crippen LogP contribution < -0.4 is 0 Å². The summed E-state index contributed by atoms with van der Waals surface area (Å²) in [4.78, 5) is 11.6. The van der Waals surface area contributed by atoms with E-state index in [0.717, 1.165) is 18.4 Å². The van der Waals surface area contributed by atoms with Crippen molar-refractivity contribution in [3.05, 3.63) is 24.2 Å². The molecule has 2 nitrogen and oxygen atoms in total. The van der Waals surface area contributed by atoms with Crippen LogP contribution in [0.15, 0.2) is 23.0 Å². The Hall–Kier alpha value is -1.05. The molecular formula is C11H16O2. The van der Waals surface area contributed by atoms with E-state index in [4.69, 9.17) is 4.42 Å². The quantitative estimate of drug-likeness (QED) is 0.697. The van der Waals surface area contributed by atoms with Crippen LogP contribution in [0.5, 0.6) is 0 Å². The van der Waals surface area contributed by atoms with Gasteiger partial charge in [-0.05, 0) is 24.5 Å². The second-order valence-electron chi connectivity index (χ2n) is 3.29. The van der Waals surface area contributed by atoms with E-state index in [9.17, 15) is 4.79 Å². The first-order valence-corrected chi connectivity index (χ1v) is 4.81. The molecule has 13 heavy (non-hydrogen) atoms. The van der Waals surface area contributed by atoms with Gasteiger partial charge in [-0.2, -0.15) is 0 Å². The second kappa shape index (κ2) is 4.85. The summed E-state index contributed by atoms with van der Waals surface area (Å²) in [6, 6.07) is 1.85. The zero-order chi connectivity index (χ0) is 9.68. The molecule has 1 aromatic heterocycles. The monoisotopic (exact) mass is 180 g/mol. The summed E-state index contributed by atoms with van der Waals surface area (Å²) in [6.07, 6.45) is 5.64. The van der Waals surface area contributed by atoms with Crippen molar-refractivity contribution < 1.29 is 9.21 Å². The summed E-state index contributed by atoms with van der Waals surface area (Å²) in [5.41, 5.74) is 0.983. The Bertz CT molecular complexity index is 245. The Labute approximate surface area is 78.9 Å². The third-order valence-corrected chi connectivity index (χ3v) is 2.40. The Balaban J connectivity index is 2.49. The molecule has 0 saturated carbocycles. The van der Waals surface area contributed by atoms with Crippen molar-refractivity contribution >= 4 is 5.78 Å². The molecule has 0 unspecified atom stereocenters. The van der Waals surface area contributed by atoms with Gasteiger partial charge < -0.3 is 4.42 Å². The highest BCUT2D eigenvalue weighted by Crippen LogP contribution is 2.12. The molecule has 0 aliphatic heterocycles. The Morgan fingerprint density at radius 2 is 2.15 bits per heavy atom. The molecular weight excluding hydrogens is 164 g/mol. The summed E-state index contributed by atoms with van der Waals surface area (Å²) in [5.74, 6) is 0.543. The topological polar surface area (TPSA) is 30.2 Å². The Morgan fingerprint density at radius 3 is 2.62 bits per heavy atom. The van der Waals surface area contributed by atoms with Gasteiger partial charge in [0.25, 0.3) is 0 Å². The van der Waals surface area contributed by atoms with E-state index in [1.807, 2.05) is 6.07 Å². The van der Waals surface area contributed by atoms with Crippen LogP contribution in [0.1, 0.15) is 32.3 Å². The number of hydrogen-bond acceptors (Lipinski definition) is 2. The molecule has 0 aliphatic carbocycles. The molecule has 0 saturated heterocycles. The third kappa shape index (κ3) is 2.72. The smallest absolute Gasteiger partial charge is 0.140 e. The van der Waals surface area contributed by atoms with Gasteiger partial charge in [0.2, 0.25) is 0 Å². The minimum atomic E-state index is 0.217. The van der Waals surface area contributed by atoms with Crippen LogP contribution in [-0.2, 0) is 11.2 Å². The van der Waals surface area contributed by atoms with E-state index >= 15 is 0 Å². The molecule has 1 rings (SSSR count). The maximum absolute atomic E-state index is 11.6. The number of hydrogen-bond donors (Lipinski definition) is 0. The molecule has 0 radical (unpaired) electrons. The lowest BCUT2D eigenvalue weighted by molar-refractivity contribution is -0.122. The number of furan rings is 1. The Kier molecular flexibility index (Phi) is 3.74. The van der Waals surface area contributed by atoms with Gasteiger partial charge in [-0.1, -0.05) is 13.8 Å². The van der Waals surface area contributed by atoms with Crippen LogP contribution in [0.2, 0.25) is 0 Å². The lowest BCUT2D eigenvalue weighted by Crippen LogP contribution is -2.14. The number of carbonyl (C=O) groups excluding carboxylic acids is 1. The molecule has 1 aromatic rings. The highest BCUT2D eigenvalue weighted by atomic mass is 16.3. The summed E-state index contributed by atoms with van der Waals surface area (Å²) in [7, 11) is 0. The minimum absolute atomic E-state index is 0.217. The van der Waals surface area contributed by atoms with Crippen LogP contribution >= 0.6 is 0 Å². The van der Waals surface area contributed by atoms with E-state index < -0.39 is 0 Å². The molecule has 0 aromatic carbocycles. The van der Waals surface area contributed by atoms with Gasteiger partial charge in [-0.15, -0.1) is 0 Å². The third-order valence-electron chi connectivity index (χ3n) is 2.40. The summed E-state index contributed by atoms with van der Waals surface area (Å²) < 4.78 is 4.91. The molecule has 1 heterocycles. The van der Waals surface area contributed by atoms with Crippen molar-refractivity contribution in [3.63, 3.8) is 0 Å². The normalized spacial score (nSPS) is 10.7. The van der Waals surface area contributed by atoms with Crippen molar-refractivity contribution in [1.82, 2.24) is 0 Å². The molecule has 0 atom stereocenters. The van der Waals surface area contributed by atoms with Crippen molar-refractivity contribution in [3.8, 4) is 0 Å². The van der Waals surface area contributed by atoms with E-state index in [-0.39, 0.29) is 5.92 Å². The van der Waals surface area contributed by atoms with E-state index in [1.54, 1.807) is 12.5 Å². The first-order valence-electron chi connectivity index (χ1n) is 4.81. The average molecular weight is 180 g/mol. The predicted octanol–water partition coefficient (Wildman–Crippen LogP) is 2.83. The van der Waals surface area contributed by atoms with Gasteiger partial charge >= 0.3 is 0 Å². The summed E-state index contributed by atoms with van der Waals surface area (Å²) in [5, 5.41) is 0. The highest BCUT2D eigenvalue weighted by Gasteiger charge is 2.14. The van der Waals surface area contributed by atoms with Crippen LogP contribution in [0, 0.1) is 5.92 Å². The van der Waals surface area contributed by atoms with Crippen molar-refractivity contribution in [1.29, 1.82) is 0 Å². The Morgan fingerprint density at radius 1 is 1.46 bits per heavy atom. The SMILES string of the molecule is CCC(CC)C(=O)Cc1ccoc1. The molecule has 72 valence electrons. The summed E-state index contributed by atoms with van der Waals surface area (Å²) in [6.45, 7) is 4.11. The molecule has 2 heteroatoms.